The van der Waals surface area contributed by atoms with Gasteiger partial charge in [0.1, 0.15) is 5.75 Å². The highest BCUT2D eigenvalue weighted by atomic mass is 35.5. The molecule has 0 unspecified atom stereocenters. The maximum absolute atomic E-state index is 11.9. The Kier molecular flexibility index (Phi) is 4.27. The lowest BCUT2D eigenvalue weighted by Crippen LogP contribution is -2.33. The van der Waals surface area contributed by atoms with E-state index in [0.29, 0.717) is 23.7 Å². The van der Waals surface area contributed by atoms with Crippen LogP contribution in [0.1, 0.15) is 6.42 Å². The largest absolute Gasteiger partial charge is 0.482 e. The molecule has 0 spiro atoms. The van der Waals surface area contributed by atoms with E-state index in [2.05, 4.69) is 0 Å². The van der Waals surface area contributed by atoms with Crippen LogP contribution in [0.3, 0.4) is 0 Å². The number of benzene rings is 1. The lowest BCUT2D eigenvalue weighted by Gasteiger charge is -2.16. The molecule has 1 saturated heterocycles. The number of amides is 1. The van der Waals surface area contributed by atoms with Gasteiger partial charge in [-0.25, -0.2) is 0 Å². The number of carbonyl (C=O) groups is 2. The van der Waals surface area contributed by atoms with E-state index >= 15 is 0 Å². The number of ether oxygens (including phenoxy) is 1. The van der Waals surface area contributed by atoms with Crippen LogP contribution in [0.5, 0.6) is 5.75 Å². The molecular formula is C13H14ClNO4. The van der Waals surface area contributed by atoms with Crippen LogP contribution >= 0.6 is 11.6 Å². The van der Waals surface area contributed by atoms with Crippen LogP contribution in [0.4, 0.5) is 0 Å². The number of halogens is 1. The summed E-state index contributed by atoms with van der Waals surface area (Å²) in [5.41, 5.74) is 0. The predicted molar refractivity (Wildman–Crippen MR) is 69.3 cm³/mol. The highest BCUT2D eigenvalue weighted by molar-refractivity contribution is 6.32. The lowest BCUT2D eigenvalue weighted by atomic mass is 10.1. The van der Waals surface area contributed by atoms with Crippen LogP contribution < -0.4 is 4.74 Å². The van der Waals surface area contributed by atoms with E-state index in [9.17, 15) is 9.59 Å². The average Bonchev–Trinajstić information content (AvgIpc) is 2.87. The quantitative estimate of drug-likeness (QED) is 0.912. The van der Waals surface area contributed by atoms with Crippen molar-refractivity contribution in [1.29, 1.82) is 0 Å². The number of carbonyl (C=O) groups excluding carboxylic acids is 1. The first-order chi connectivity index (χ1) is 9.08. The topological polar surface area (TPSA) is 66.8 Å². The predicted octanol–water partition coefficient (Wildman–Crippen LogP) is 1.65. The summed E-state index contributed by atoms with van der Waals surface area (Å²) in [6.07, 6.45) is 0.493. The van der Waals surface area contributed by atoms with Crippen molar-refractivity contribution in [2.24, 2.45) is 5.92 Å². The molecule has 1 aromatic rings. The van der Waals surface area contributed by atoms with Crippen molar-refractivity contribution < 1.29 is 19.4 Å². The number of nitrogens with zero attached hydrogens (tertiary/aromatic N) is 1. The molecule has 0 aromatic heterocycles. The molecule has 102 valence electrons. The second kappa shape index (κ2) is 5.93. The van der Waals surface area contributed by atoms with Crippen molar-refractivity contribution in [3.63, 3.8) is 0 Å². The van der Waals surface area contributed by atoms with Crippen molar-refractivity contribution in [2.75, 3.05) is 19.7 Å². The summed E-state index contributed by atoms with van der Waals surface area (Å²) in [5, 5.41) is 9.32. The summed E-state index contributed by atoms with van der Waals surface area (Å²) in [7, 11) is 0. The Morgan fingerprint density at radius 1 is 1.42 bits per heavy atom. The lowest BCUT2D eigenvalue weighted by molar-refractivity contribution is -0.141. The monoisotopic (exact) mass is 283 g/mol. The van der Waals surface area contributed by atoms with Gasteiger partial charge in [-0.1, -0.05) is 23.7 Å². The van der Waals surface area contributed by atoms with Crippen LogP contribution in [0.15, 0.2) is 24.3 Å². The second-order valence-electron chi connectivity index (χ2n) is 4.38. The van der Waals surface area contributed by atoms with E-state index in [1.165, 1.54) is 4.90 Å². The van der Waals surface area contributed by atoms with E-state index in [0.717, 1.165) is 0 Å². The van der Waals surface area contributed by atoms with Gasteiger partial charge >= 0.3 is 5.97 Å². The van der Waals surface area contributed by atoms with Crippen molar-refractivity contribution in [3.8, 4) is 5.75 Å². The molecule has 1 aliphatic rings. The first kappa shape index (κ1) is 13.7. The van der Waals surface area contributed by atoms with Gasteiger partial charge < -0.3 is 14.7 Å². The third kappa shape index (κ3) is 3.38. The molecule has 0 radical (unpaired) electrons. The van der Waals surface area contributed by atoms with Gasteiger partial charge in [-0.05, 0) is 18.6 Å². The average molecular weight is 284 g/mol. The number of hydrogen-bond acceptors (Lipinski definition) is 3. The molecule has 0 bridgehead atoms. The molecule has 0 aliphatic carbocycles. The number of carboxylic acid groups (broad SMARTS) is 1. The minimum Gasteiger partial charge on any atom is -0.482 e. The Labute approximate surface area is 115 Å². The van der Waals surface area contributed by atoms with Gasteiger partial charge in [0.25, 0.3) is 5.91 Å². The van der Waals surface area contributed by atoms with Crippen molar-refractivity contribution in [1.82, 2.24) is 4.90 Å². The number of rotatable bonds is 4. The molecule has 1 fully saturated rings. The molecule has 1 atom stereocenters. The molecule has 19 heavy (non-hydrogen) atoms. The Morgan fingerprint density at radius 2 is 2.16 bits per heavy atom. The molecule has 1 aromatic carbocycles. The normalized spacial score (nSPS) is 18.4. The summed E-state index contributed by atoms with van der Waals surface area (Å²) in [4.78, 5) is 24.2. The summed E-state index contributed by atoms with van der Waals surface area (Å²) in [6, 6.07) is 6.90. The minimum absolute atomic E-state index is 0.129. The highest BCUT2D eigenvalue weighted by Crippen LogP contribution is 2.23. The Hall–Kier alpha value is -1.75. The van der Waals surface area contributed by atoms with Crippen LogP contribution in [0, 0.1) is 5.92 Å². The summed E-state index contributed by atoms with van der Waals surface area (Å²) >= 11 is 5.90. The first-order valence-electron chi connectivity index (χ1n) is 5.96. The number of carboxylic acids is 1. The third-order valence-corrected chi connectivity index (χ3v) is 3.39. The zero-order chi connectivity index (χ0) is 13.8. The maximum Gasteiger partial charge on any atom is 0.308 e. The van der Waals surface area contributed by atoms with Crippen LogP contribution in [0.25, 0.3) is 0 Å². The zero-order valence-electron chi connectivity index (χ0n) is 10.2. The van der Waals surface area contributed by atoms with E-state index < -0.39 is 11.9 Å². The number of likely N-dealkylation sites (tertiary alicyclic amines) is 1. The molecule has 1 N–H and O–H groups in total. The summed E-state index contributed by atoms with van der Waals surface area (Å²) in [5.74, 6) is -1.10. The second-order valence-corrected chi connectivity index (χ2v) is 4.79. The Morgan fingerprint density at radius 3 is 2.79 bits per heavy atom. The first-order valence-corrected chi connectivity index (χ1v) is 6.33. The molecule has 1 amide bonds. The van der Waals surface area contributed by atoms with Gasteiger partial charge in [-0.2, -0.15) is 0 Å². The standard InChI is InChI=1S/C13H14ClNO4/c14-10-3-1-2-4-11(10)19-8-12(16)15-6-5-9(7-15)13(17)18/h1-4,9H,5-8H2,(H,17,18)/t9-/m0/s1. The molecule has 1 aliphatic heterocycles. The number of aliphatic carboxylic acids is 1. The van der Waals surface area contributed by atoms with E-state index in [1.54, 1.807) is 24.3 Å². The van der Waals surface area contributed by atoms with Crippen molar-refractivity contribution in [2.45, 2.75) is 6.42 Å². The molecule has 5 nitrogen and oxygen atoms in total. The summed E-state index contributed by atoms with van der Waals surface area (Å²) < 4.78 is 5.34. The van der Waals surface area contributed by atoms with Gasteiger partial charge in [-0.3, -0.25) is 9.59 Å². The molecule has 0 saturated carbocycles. The van der Waals surface area contributed by atoms with Crippen LogP contribution in [-0.4, -0.2) is 41.6 Å². The molecule has 6 heteroatoms. The smallest absolute Gasteiger partial charge is 0.308 e. The SMILES string of the molecule is O=C(O)[C@H]1CCN(C(=O)COc2ccccc2Cl)C1. The van der Waals surface area contributed by atoms with Gasteiger partial charge in [0.15, 0.2) is 6.61 Å². The number of hydrogen-bond donors (Lipinski definition) is 1. The van der Waals surface area contributed by atoms with E-state index in [1.807, 2.05) is 0 Å². The van der Waals surface area contributed by atoms with E-state index in [-0.39, 0.29) is 19.1 Å². The highest BCUT2D eigenvalue weighted by Gasteiger charge is 2.30. The fourth-order valence-corrected chi connectivity index (χ4v) is 2.17. The van der Waals surface area contributed by atoms with Gasteiger partial charge in [0.05, 0.1) is 10.9 Å². The molecule has 1 heterocycles. The van der Waals surface area contributed by atoms with Gasteiger partial charge in [0, 0.05) is 13.1 Å². The Balaban J connectivity index is 1.86. The van der Waals surface area contributed by atoms with Gasteiger partial charge in [0.2, 0.25) is 0 Å². The molecular weight excluding hydrogens is 270 g/mol. The van der Waals surface area contributed by atoms with E-state index in [4.69, 9.17) is 21.4 Å². The van der Waals surface area contributed by atoms with Crippen LogP contribution in [-0.2, 0) is 9.59 Å². The van der Waals surface area contributed by atoms with Crippen molar-refractivity contribution >= 4 is 23.5 Å². The fraction of sp³-hybridized carbons (Fsp3) is 0.385. The third-order valence-electron chi connectivity index (χ3n) is 3.08. The summed E-state index contributed by atoms with van der Waals surface area (Å²) in [6.45, 7) is 0.581. The van der Waals surface area contributed by atoms with Crippen LogP contribution in [0.2, 0.25) is 5.02 Å². The number of para-hydroxylation sites is 1. The Bertz CT molecular complexity index is 491. The zero-order valence-corrected chi connectivity index (χ0v) is 11.0. The van der Waals surface area contributed by atoms with Crippen molar-refractivity contribution in [3.05, 3.63) is 29.3 Å². The minimum atomic E-state index is -0.859. The molecule has 2 rings (SSSR count). The van der Waals surface area contributed by atoms with Gasteiger partial charge in [-0.15, -0.1) is 0 Å². The maximum atomic E-state index is 11.9. The fourth-order valence-electron chi connectivity index (χ4n) is 1.98.